The Kier molecular flexibility index (Phi) is 9.04. The molecule has 0 saturated carbocycles. The molecule has 0 spiro atoms. The molecule has 0 atom stereocenters. The minimum absolute atomic E-state index is 0.0471. The second kappa shape index (κ2) is 11.7. The number of aliphatic imine (C=N–C) groups is 1. The molecule has 0 aromatic heterocycles. The highest BCUT2D eigenvalue weighted by atomic mass is 19.3. The highest BCUT2D eigenvalue weighted by Gasteiger charge is 2.16. The van der Waals surface area contributed by atoms with E-state index in [1.54, 1.807) is 44.3 Å². The van der Waals surface area contributed by atoms with Crippen molar-refractivity contribution >= 4 is 5.96 Å². The van der Waals surface area contributed by atoms with Crippen LogP contribution in [0.4, 0.5) is 17.6 Å². The van der Waals surface area contributed by atoms with Gasteiger partial charge in [-0.15, -0.1) is 0 Å². The molecule has 0 saturated heterocycles. The standard InChI is InChI=1S/C20H23F4N3O3/c1-3-28-16-9-5-7-14(17(16)30-19(23)24)12-27-20(25-2)26-11-13-6-4-8-15(10-13)29-18(21)22/h4-10,18-19H,3,11-12H2,1-2H3,(H2,25,26,27). The predicted molar refractivity (Wildman–Crippen MR) is 104 cm³/mol. The van der Waals surface area contributed by atoms with E-state index in [9.17, 15) is 17.6 Å². The number of benzene rings is 2. The van der Waals surface area contributed by atoms with Crippen LogP contribution in [0.25, 0.3) is 0 Å². The molecule has 0 aliphatic heterocycles. The quantitative estimate of drug-likeness (QED) is 0.338. The van der Waals surface area contributed by atoms with Crippen LogP contribution in [0.1, 0.15) is 18.1 Å². The zero-order chi connectivity index (χ0) is 21.9. The smallest absolute Gasteiger partial charge is 0.387 e. The van der Waals surface area contributed by atoms with Crippen molar-refractivity contribution in [2.45, 2.75) is 33.2 Å². The first kappa shape index (κ1) is 23.1. The molecule has 30 heavy (non-hydrogen) atoms. The lowest BCUT2D eigenvalue weighted by Gasteiger charge is -2.17. The summed E-state index contributed by atoms with van der Waals surface area (Å²) in [6, 6.07) is 11.1. The van der Waals surface area contributed by atoms with E-state index in [1.807, 2.05) is 0 Å². The highest BCUT2D eigenvalue weighted by Crippen LogP contribution is 2.32. The number of hydrogen-bond acceptors (Lipinski definition) is 4. The minimum atomic E-state index is -2.99. The number of ether oxygens (including phenoxy) is 3. The van der Waals surface area contributed by atoms with Crippen molar-refractivity contribution < 1.29 is 31.8 Å². The van der Waals surface area contributed by atoms with E-state index in [1.165, 1.54) is 12.1 Å². The van der Waals surface area contributed by atoms with Gasteiger partial charge in [-0.05, 0) is 30.7 Å². The van der Waals surface area contributed by atoms with Gasteiger partial charge in [-0.1, -0.05) is 24.3 Å². The molecular formula is C20H23F4N3O3. The Bertz CT molecular complexity index is 835. The summed E-state index contributed by atoms with van der Waals surface area (Å²) in [4.78, 5) is 4.06. The number of guanidine groups is 1. The molecule has 2 aromatic rings. The lowest BCUT2D eigenvalue weighted by molar-refractivity contribution is -0.0522. The summed E-state index contributed by atoms with van der Waals surface area (Å²) in [5, 5.41) is 6.01. The lowest BCUT2D eigenvalue weighted by atomic mass is 10.2. The number of halogens is 4. The number of para-hydroxylation sites is 1. The molecular weight excluding hydrogens is 406 g/mol. The molecule has 6 nitrogen and oxygen atoms in total. The first-order chi connectivity index (χ1) is 14.4. The molecule has 2 N–H and O–H groups in total. The van der Waals surface area contributed by atoms with Gasteiger partial charge in [-0.25, -0.2) is 0 Å². The van der Waals surface area contributed by atoms with Crippen LogP contribution in [0.2, 0.25) is 0 Å². The van der Waals surface area contributed by atoms with Gasteiger partial charge in [-0.3, -0.25) is 4.99 Å². The number of nitrogens with zero attached hydrogens (tertiary/aromatic N) is 1. The van der Waals surface area contributed by atoms with E-state index in [-0.39, 0.29) is 30.3 Å². The van der Waals surface area contributed by atoms with Gasteiger partial charge in [-0.2, -0.15) is 17.6 Å². The average molecular weight is 429 g/mol. The van der Waals surface area contributed by atoms with Crippen LogP contribution < -0.4 is 24.8 Å². The zero-order valence-corrected chi connectivity index (χ0v) is 16.5. The summed E-state index contributed by atoms with van der Waals surface area (Å²) in [6.45, 7) is -3.44. The number of nitrogens with one attached hydrogen (secondary N) is 2. The largest absolute Gasteiger partial charge is 0.490 e. The van der Waals surface area contributed by atoms with Gasteiger partial charge in [0.25, 0.3) is 0 Å². The van der Waals surface area contributed by atoms with E-state index in [0.717, 1.165) is 0 Å². The van der Waals surface area contributed by atoms with Crippen LogP contribution in [0.3, 0.4) is 0 Å². The van der Waals surface area contributed by atoms with Gasteiger partial charge in [0.05, 0.1) is 6.61 Å². The van der Waals surface area contributed by atoms with E-state index >= 15 is 0 Å². The van der Waals surface area contributed by atoms with E-state index < -0.39 is 13.2 Å². The Hall–Kier alpha value is -3.17. The fraction of sp³-hybridized carbons (Fsp3) is 0.350. The fourth-order valence-electron chi connectivity index (χ4n) is 2.61. The van der Waals surface area contributed by atoms with Gasteiger partial charge in [0, 0.05) is 25.7 Å². The normalized spacial score (nSPS) is 11.5. The van der Waals surface area contributed by atoms with E-state index in [0.29, 0.717) is 23.7 Å². The van der Waals surface area contributed by atoms with Crippen molar-refractivity contribution in [3.63, 3.8) is 0 Å². The summed E-state index contributed by atoms with van der Waals surface area (Å²) in [5.74, 6) is 0.596. The van der Waals surface area contributed by atoms with Crippen molar-refractivity contribution in [3.8, 4) is 17.2 Å². The molecule has 0 bridgehead atoms. The first-order valence-electron chi connectivity index (χ1n) is 9.10. The molecule has 0 heterocycles. The second-order valence-corrected chi connectivity index (χ2v) is 5.86. The molecule has 0 unspecified atom stereocenters. The fourth-order valence-corrected chi connectivity index (χ4v) is 2.61. The van der Waals surface area contributed by atoms with Crippen molar-refractivity contribution in [3.05, 3.63) is 53.6 Å². The van der Waals surface area contributed by atoms with Crippen molar-refractivity contribution in [1.29, 1.82) is 0 Å². The molecule has 0 amide bonds. The number of rotatable bonds is 10. The Labute approximate surface area is 171 Å². The van der Waals surface area contributed by atoms with Crippen LogP contribution in [0.15, 0.2) is 47.5 Å². The van der Waals surface area contributed by atoms with Gasteiger partial charge >= 0.3 is 13.2 Å². The molecule has 0 fully saturated rings. The van der Waals surface area contributed by atoms with Crippen LogP contribution in [0, 0.1) is 0 Å². The van der Waals surface area contributed by atoms with Gasteiger partial charge in [0.1, 0.15) is 5.75 Å². The van der Waals surface area contributed by atoms with Crippen LogP contribution in [-0.2, 0) is 13.1 Å². The topological polar surface area (TPSA) is 64.1 Å². The Morgan fingerprint density at radius 3 is 2.33 bits per heavy atom. The summed E-state index contributed by atoms with van der Waals surface area (Å²) in [6.07, 6.45) is 0. The Morgan fingerprint density at radius 1 is 0.967 bits per heavy atom. The predicted octanol–water partition coefficient (Wildman–Crippen LogP) is 4.15. The lowest BCUT2D eigenvalue weighted by Crippen LogP contribution is -2.36. The minimum Gasteiger partial charge on any atom is -0.490 e. The Balaban J connectivity index is 2.01. The third-order valence-corrected chi connectivity index (χ3v) is 3.82. The van der Waals surface area contributed by atoms with Crippen molar-refractivity contribution in [1.82, 2.24) is 10.6 Å². The first-order valence-corrected chi connectivity index (χ1v) is 9.10. The van der Waals surface area contributed by atoms with E-state index in [4.69, 9.17) is 4.74 Å². The molecule has 0 aliphatic rings. The van der Waals surface area contributed by atoms with Gasteiger partial charge in [0.2, 0.25) is 0 Å². The summed E-state index contributed by atoms with van der Waals surface area (Å²) >= 11 is 0. The summed E-state index contributed by atoms with van der Waals surface area (Å²) in [7, 11) is 1.54. The van der Waals surface area contributed by atoms with Crippen molar-refractivity contribution in [2.75, 3.05) is 13.7 Å². The SMILES string of the molecule is CCOc1cccc(CNC(=NC)NCc2cccc(OC(F)F)c2)c1OC(F)F. The second-order valence-electron chi connectivity index (χ2n) is 5.86. The molecule has 2 rings (SSSR count). The maximum Gasteiger partial charge on any atom is 0.387 e. The molecule has 2 aromatic carbocycles. The third kappa shape index (κ3) is 7.34. The van der Waals surface area contributed by atoms with Gasteiger partial charge < -0.3 is 24.8 Å². The highest BCUT2D eigenvalue weighted by molar-refractivity contribution is 5.79. The zero-order valence-electron chi connectivity index (χ0n) is 16.5. The summed E-state index contributed by atoms with van der Waals surface area (Å²) < 4.78 is 64.7. The maximum atomic E-state index is 12.8. The molecule has 0 aliphatic carbocycles. The summed E-state index contributed by atoms with van der Waals surface area (Å²) in [5.41, 5.74) is 1.15. The maximum absolute atomic E-state index is 12.8. The van der Waals surface area contributed by atoms with Gasteiger partial charge in [0.15, 0.2) is 17.5 Å². The Morgan fingerprint density at radius 2 is 1.67 bits per heavy atom. The number of alkyl halides is 4. The van der Waals surface area contributed by atoms with Crippen molar-refractivity contribution in [2.24, 2.45) is 4.99 Å². The molecule has 164 valence electrons. The number of hydrogen-bond donors (Lipinski definition) is 2. The molecule has 0 radical (unpaired) electrons. The van der Waals surface area contributed by atoms with E-state index in [2.05, 4.69) is 25.1 Å². The van der Waals surface area contributed by atoms with Crippen LogP contribution >= 0.6 is 0 Å². The van der Waals surface area contributed by atoms with Crippen LogP contribution in [0.5, 0.6) is 17.2 Å². The third-order valence-electron chi connectivity index (χ3n) is 3.82. The molecule has 10 heteroatoms. The van der Waals surface area contributed by atoms with Crippen LogP contribution in [-0.4, -0.2) is 32.8 Å². The average Bonchev–Trinajstić information content (AvgIpc) is 2.69. The monoisotopic (exact) mass is 429 g/mol.